The van der Waals surface area contributed by atoms with Crippen molar-refractivity contribution in [3.8, 4) is 0 Å². The Hall–Kier alpha value is -2.12. The molecule has 2 unspecified atom stereocenters. The average molecular weight is 371 g/mol. The fourth-order valence-corrected chi connectivity index (χ4v) is 4.51. The van der Waals surface area contributed by atoms with Crippen LogP contribution in [-0.4, -0.2) is 81.3 Å². The van der Waals surface area contributed by atoms with Crippen molar-refractivity contribution in [3.63, 3.8) is 0 Å². The maximum absolute atomic E-state index is 12.3. The molecule has 1 N–H and O–H groups in total. The molecule has 2 saturated heterocycles. The molecule has 0 bridgehead atoms. The van der Waals surface area contributed by atoms with Gasteiger partial charge < -0.3 is 19.5 Å². The van der Waals surface area contributed by atoms with Crippen LogP contribution in [0, 0.1) is 5.92 Å². The maximum Gasteiger partial charge on any atom is 0.319 e. The lowest BCUT2D eigenvalue weighted by Gasteiger charge is -2.50. The fourth-order valence-electron chi connectivity index (χ4n) is 4.51. The minimum Gasteiger partial charge on any atom is -0.389 e. The van der Waals surface area contributed by atoms with Crippen molar-refractivity contribution in [2.75, 3.05) is 40.3 Å². The second-order valence-electron chi connectivity index (χ2n) is 8.23. The first-order chi connectivity index (χ1) is 12.9. The topological polar surface area (TPSA) is 64.8 Å². The van der Waals surface area contributed by atoms with E-state index in [9.17, 15) is 9.90 Å². The Balaban J connectivity index is 1.48. The highest BCUT2D eigenvalue weighted by molar-refractivity contribution is 5.75. The van der Waals surface area contributed by atoms with E-state index in [1.807, 2.05) is 23.1 Å². The lowest BCUT2D eigenvalue weighted by Crippen LogP contribution is -2.61. The Morgan fingerprint density at radius 3 is 2.74 bits per heavy atom. The quantitative estimate of drug-likeness (QED) is 0.869. The number of fused-ring (bicyclic) bond motifs is 2. The molecule has 0 aliphatic carbocycles. The summed E-state index contributed by atoms with van der Waals surface area (Å²) in [5, 5.41) is 11.1. The second kappa shape index (κ2) is 6.80. The normalized spacial score (nSPS) is 26.2. The van der Waals surface area contributed by atoms with E-state index < -0.39 is 5.60 Å². The van der Waals surface area contributed by atoms with Crippen LogP contribution in [0.2, 0.25) is 0 Å². The summed E-state index contributed by atoms with van der Waals surface area (Å²) in [7, 11) is 5.62. The van der Waals surface area contributed by atoms with Crippen molar-refractivity contribution >= 4 is 17.1 Å². The van der Waals surface area contributed by atoms with Crippen molar-refractivity contribution in [1.82, 2.24) is 24.3 Å². The summed E-state index contributed by atoms with van der Waals surface area (Å²) < 4.78 is 2.15. The zero-order chi connectivity index (χ0) is 19.2. The van der Waals surface area contributed by atoms with Crippen LogP contribution in [-0.2, 0) is 13.6 Å². The van der Waals surface area contributed by atoms with E-state index in [1.165, 1.54) is 0 Å². The van der Waals surface area contributed by atoms with Crippen LogP contribution >= 0.6 is 0 Å². The highest BCUT2D eigenvalue weighted by Gasteiger charge is 2.46. The standard InChI is InChI=1S/C20H29N5O2/c1-22(2)19(26)25-11-9-20(27)8-10-24(12-15(20)13-25)14-18-21-16-6-4-5-7-17(16)23(18)3/h4-7,15,27H,8-14H2,1-3H3. The molecule has 2 aliphatic heterocycles. The Kier molecular flexibility index (Phi) is 4.60. The molecule has 7 heteroatoms. The number of para-hydroxylation sites is 2. The third-order valence-corrected chi connectivity index (χ3v) is 6.25. The molecule has 0 radical (unpaired) electrons. The number of imidazole rings is 1. The Labute approximate surface area is 160 Å². The molecular weight excluding hydrogens is 342 g/mol. The van der Waals surface area contributed by atoms with Gasteiger partial charge >= 0.3 is 6.03 Å². The van der Waals surface area contributed by atoms with Gasteiger partial charge in [0.15, 0.2) is 0 Å². The minimum atomic E-state index is -0.647. The summed E-state index contributed by atoms with van der Waals surface area (Å²) in [4.78, 5) is 23.0. The van der Waals surface area contributed by atoms with Gasteiger partial charge in [0.1, 0.15) is 5.82 Å². The van der Waals surface area contributed by atoms with Gasteiger partial charge in [-0.25, -0.2) is 9.78 Å². The van der Waals surface area contributed by atoms with Crippen LogP contribution in [0.4, 0.5) is 4.79 Å². The first kappa shape index (κ1) is 18.3. The smallest absolute Gasteiger partial charge is 0.319 e. The molecule has 2 atom stereocenters. The number of amides is 2. The van der Waals surface area contributed by atoms with Crippen molar-refractivity contribution < 1.29 is 9.90 Å². The molecule has 2 aliphatic rings. The number of carbonyl (C=O) groups excluding carboxylic acids is 1. The molecule has 0 spiro atoms. The molecule has 2 aromatic rings. The number of aromatic nitrogens is 2. The number of hydrogen-bond acceptors (Lipinski definition) is 4. The number of carbonyl (C=O) groups is 1. The summed E-state index contributed by atoms with van der Waals surface area (Å²) in [6.45, 7) is 3.66. The highest BCUT2D eigenvalue weighted by atomic mass is 16.3. The van der Waals surface area contributed by atoms with Gasteiger partial charge in [-0.15, -0.1) is 0 Å². The Morgan fingerprint density at radius 1 is 1.26 bits per heavy atom. The van der Waals surface area contributed by atoms with Gasteiger partial charge in [0.2, 0.25) is 0 Å². The van der Waals surface area contributed by atoms with Gasteiger partial charge in [0, 0.05) is 53.2 Å². The molecule has 27 heavy (non-hydrogen) atoms. The summed E-state index contributed by atoms with van der Waals surface area (Å²) in [6.07, 6.45) is 1.42. The Bertz CT molecular complexity index is 848. The third-order valence-electron chi connectivity index (χ3n) is 6.25. The largest absolute Gasteiger partial charge is 0.389 e. The summed E-state index contributed by atoms with van der Waals surface area (Å²) in [5.41, 5.74) is 1.51. The average Bonchev–Trinajstić information content (AvgIpc) is 2.97. The molecule has 146 valence electrons. The van der Waals surface area contributed by atoms with E-state index >= 15 is 0 Å². The molecule has 4 rings (SSSR count). The molecule has 2 amide bonds. The number of nitrogens with zero attached hydrogens (tertiary/aromatic N) is 5. The lowest BCUT2D eigenvalue weighted by atomic mass is 9.75. The van der Waals surface area contributed by atoms with Gasteiger partial charge in [0.25, 0.3) is 0 Å². The molecule has 1 aromatic heterocycles. The maximum atomic E-state index is 12.3. The second-order valence-corrected chi connectivity index (χ2v) is 8.23. The Morgan fingerprint density at radius 2 is 2.00 bits per heavy atom. The van der Waals surface area contributed by atoms with E-state index in [-0.39, 0.29) is 11.9 Å². The number of aryl methyl sites for hydroxylation is 1. The van der Waals surface area contributed by atoms with Gasteiger partial charge in [-0.05, 0) is 25.0 Å². The zero-order valence-corrected chi connectivity index (χ0v) is 16.4. The van der Waals surface area contributed by atoms with Gasteiger partial charge in [-0.2, -0.15) is 0 Å². The van der Waals surface area contributed by atoms with Crippen LogP contribution in [0.5, 0.6) is 0 Å². The number of benzene rings is 1. The van der Waals surface area contributed by atoms with Gasteiger partial charge in [-0.1, -0.05) is 12.1 Å². The summed E-state index contributed by atoms with van der Waals surface area (Å²) in [5.74, 6) is 1.12. The first-order valence-corrected chi connectivity index (χ1v) is 9.69. The number of piperidine rings is 2. The lowest BCUT2D eigenvalue weighted by molar-refractivity contribution is -0.109. The SMILES string of the molecule is CN(C)C(=O)N1CCC2(O)CCN(Cc3nc4ccccc4n3C)CC2C1. The van der Waals surface area contributed by atoms with Crippen molar-refractivity contribution in [2.24, 2.45) is 13.0 Å². The minimum absolute atomic E-state index is 0.0320. The molecule has 7 nitrogen and oxygen atoms in total. The van der Waals surface area contributed by atoms with Crippen molar-refractivity contribution in [3.05, 3.63) is 30.1 Å². The van der Waals surface area contributed by atoms with Crippen LogP contribution in [0.3, 0.4) is 0 Å². The van der Waals surface area contributed by atoms with Crippen LogP contribution in [0.25, 0.3) is 11.0 Å². The van der Waals surface area contributed by atoms with Crippen LogP contribution in [0.1, 0.15) is 18.7 Å². The van der Waals surface area contributed by atoms with Crippen molar-refractivity contribution in [2.45, 2.75) is 25.0 Å². The first-order valence-electron chi connectivity index (χ1n) is 9.69. The monoisotopic (exact) mass is 371 g/mol. The molecular formula is C20H29N5O2. The van der Waals surface area contributed by atoms with Gasteiger partial charge in [-0.3, -0.25) is 4.90 Å². The van der Waals surface area contributed by atoms with Gasteiger partial charge in [0.05, 0.1) is 23.2 Å². The van der Waals surface area contributed by atoms with E-state index in [4.69, 9.17) is 4.98 Å². The number of urea groups is 1. The summed E-state index contributed by atoms with van der Waals surface area (Å²) >= 11 is 0. The molecule has 3 heterocycles. The van der Waals surface area contributed by atoms with E-state index in [1.54, 1.807) is 19.0 Å². The predicted octanol–water partition coefficient (Wildman–Crippen LogP) is 1.51. The van der Waals surface area contributed by atoms with E-state index in [2.05, 4.69) is 22.6 Å². The molecule has 0 saturated carbocycles. The number of rotatable bonds is 2. The predicted molar refractivity (Wildman–Crippen MR) is 104 cm³/mol. The fraction of sp³-hybridized carbons (Fsp3) is 0.600. The number of aliphatic hydroxyl groups is 1. The van der Waals surface area contributed by atoms with E-state index in [0.717, 1.165) is 42.9 Å². The molecule has 1 aromatic carbocycles. The number of hydrogen-bond donors (Lipinski definition) is 1. The third kappa shape index (κ3) is 3.30. The molecule has 2 fully saturated rings. The van der Waals surface area contributed by atoms with Crippen molar-refractivity contribution in [1.29, 1.82) is 0 Å². The zero-order valence-electron chi connectivity index (χ0n) is 16.4. The number of likely N-dealkylation sites (tertiary alicyclic amines) is 2. The van der Waals surface area contributed by atoms with Crippen LogP contribution < -0.4 is 0 Å². The van der Waals surface area contributed by atoms with Crippen LogP contribution in [0.15, 0.2) is 24.3 Å². The van der Waals surface area contributed by atoms with E-state index in [0.29, 0.717) is 19.5 Å². The summed E-state index contributed by atoms with van der Waals surface area (Å²) in [6, 6.07) is 8.21. The highest BCUT2D eigenvalue weighted by Crippen LogP contribution is 2.36.